The lowest BCUT2D eigenvalue weighted by Crippen LogP contribution is -2.63. The van der Waals surface area contributed by atoms with Gasteiger partial charge in [0.25, 0.3) is 5.56 Å². The van der Waals surface area contributed by atoms with Crippen LogP contribution in [0, 0.1) is 5.41 Å². The Kier molecular flexibility index (Phi) is 10.3. The van der Waals surface area contributed by atoms with Gasteiger partial charge >= 0.3 is 11.7 Å². The third-order valence-electron chi connectivity index (χ3n) is 7.36. The van der Waals surface area contributed by atoms with Gasteiger partial charge in [0.1, 0.15) is 24.7 Å². The summed E-state index contributed by atoms with van der Waals surface area (Å²) in [5.74, 6) is -0.399. The summed E-state index contributed by atoms with van der Waals surface area (Å²) in [4.78, 5) is 50.3. The molecular weight excluding hydrogens is 556 g/mol. The second-order valence-corrected chi connectivity index (χ2v) is 10.7. The van der Waals surface area contributed by atoms with E-state index in [0.717, 1.165) is 5.56 Å². The molecule has 0 saturated carbocycles. The van der Waals surface area contributed by atoms with Crippen LogP contribution in [0.2, 0.25) is 0 Å². The van der Waals surface area contributed by atoms with E-state index in [9.17, 15) is 34.5 Å². The Labute approximate surface area is 240 Å². The van der Waals surface area contributed by atoms with Crippen molar-refractivity contribution in [1.82, 2.24) is 19.8 Å². The highest BCUT2D eigenvalue weighted by molar-refractivity contribution is 6.00. The molecule has 4 heterocycles. The molecule has 3 aliphatic rings. The van der Waals surface area contributed by atoms with Crippen molar-refractivity contribution in [3.63, 3.8) is 0 Å². The van der Waals surface area contributed by atoms with E-state index < -0.39 is 65.5 Å². The number of nitrogens with one attached hydrogen (secondary N) is 2. The Morgan fingerprint density at radius 3 is 2.17 bits per heavy atom. The monoisotopic (exact) mass is 592 g/mol. The van der Waals surface area contributed by atoms with Gasteiger partial charge in [0.2, 0.25) is 5.91 Å². The molecule has 230 valence electrons. The molecule has 3 aliphatic heterocycles. The number of hydrogen-bond acceptors (Lipinski definition) is 11. The number of H-pyrrole nitrogens is 1. The molecule has 2 aromatic rings. The Morgan fingerprint density at radius 2 is 1.57 bits per heavy atom. The minimum absolute atomic E-state index is 0.113. The molecule has 0 spiro atoms. The number of aromatic nitrogens is 2. The summed E-state index contributed by atoms with van der Waals surface area (Å²) < 4.78 is 17.7. The van der Waals surface area contributed by atoms with Gasteiger partial charge < -0.3 is 34.6 Å². The van der Waals surface area contributed by atoms with Gasteiger partial charge in [-0.2, -0.15) is 0 Å². The highest BCUT2D eigenvalue weighted by Crippen LogP contribution is 2.30. The van der Waals surface area contributed by atoms with Crippen LogP contribution in [0.3, 0.4) is 0 Å². The molecule has 3 saturated heterocycles. The number of benzene rings is 1. The first kappa shape index (κ1) is 31.5. The average molecular weight is 593 g/mol. The number of rotatable bonds is 8. The maximum absolute atomic E-state index is 12.3. The van der Waals surface area contributed by atoms with E-state index in [-0.39, 0.29) is 39.2 Å². The third kappa shape index (κ3) is 7.30. The van der Waals surface area contributed by atoms with Crippen LogP contribution in [-0.4, -0.2) is 104 Å². The summed E-state index contributed by atoms with van der Waals surface area (Å²) in [5.41, 5.74) is -1.02. The number of aliphatic hydroxyl groups is 4. The highest BCUT2D eigenvalue weighted by Gasteiger charge is 2.48. The van der Waals surface area contributed by atoms with Crippen LogP contribution < -0.4 is 16.6 Å². The molecule has 1 aromatic carbocycles. The van der Waals surface area contributed by atoms with Crippen LogP contribution in [0.25, 0.3) is 0 Å². The molecule has 0 bridgehead atoms. The second kappa shape index (κ2) is 13.7. The first-order valence-corrected chi connectivity index (χ1v) is 13.5. The predicted octanol–water partition coefficient (Wildman–Crippen LogP) is -1.59. The van der Waals surface area contributed by atoms with Crippen LogP contribution in [-0.2, 0) is 25.6 Å². The largest absolute Gasteiger partial charge is 0.394 e. The molecule has 15 nitrogen and oxygen atoms in total. The fourth-order valence-electron chi connectivity index (χ4n) is 4.93. The zero-order valence-electron chi connectivity index (χ0n) is 23.0. The van der Waals surface area contributed by atoms with E-state index in [0.29, 0.717) is 6.61 Å². The Hall–Kier alpha value is -3.44. The Balaban J connectivity index is 0.000000216. The lowest BCUT2D eigenvalue weighted by molar-refractivity contribution is -0.141. The van der Waals surface area contributed by atoms with E-state index >= 15 is 0 Å². The number of amides is 3. The molecule has 0 radical (unpaired) electrons. The van der Waals surface area contributed by atoms with E-state index in [4.69, 9.17) is 19.3 Å². The van der Waals surface area contributed by atoms with E-state index in [2.05, 4.69) is 10.3 Å². The predicted molar refractivity (Wildman–Crippen MR) is 144 cm³/mol. The summed E-state index contributed by atoms with van der Waals surface area (Å²) in [6.07, 6.45) is -2.73. The van der Waals surface area contributed by atoms with Gasteiger partial charge in [0.15, 0.2) is 0 Å². The minimum atomic E-state index is -0.936. The Morgan fingerprint density at radius 1 is 0.952 bits per heavy atom. The van der Waals surface area contributed by atoms with Crippen LogP contribution in [0.15, 0.2) is 52.2 Å². The normalized spacial score (nSPS) is 31.0. The molecular formula is C27H36N4O11. The number of urea groups is 1. The zero-order chi connectivity index (χ0) is 30.4. The van der Waals surface area contributed by atoms with Crippen LogP contribution in [0.1, 0.15) is 31.6 Å². The topological polar surface area (TPSA) is 213 Å². The minimum Gasteiger partial charge on any atom is -0.394 e. The van der Waals surface area contributed by atoms with Crippen molar-refractivity contribution in [3.8, 4) is 0 Å². The number of nitrogens with zero attached hydrogens (tertiary/aromatic N) is 2. The summed E-state index contributed by atoms with van der Waals surface area (Å²) in [6, 6.07) is 10.2. The van der Waals surface area contributed by atoms with Crippen molar-refractivity contribution >= 4 is 11.9 Å². The smallest absolute Gasteiger partial charge is 0.330 e. The molecule has 1 unspecified atom stereocenters. The summed E-state index contributed by atoms with van der Waals surface area (Å²) in [7, 11) is 0. The standard InChI is InChI=1S/C18H24N2O6.C9H12N2O5/c1-18(11-25-9-12-5-3-2-4-6-12)10-20(17(24)19-16(18)23)15-7-13(22)14(8-21)26-15;12-4-6-5(13)3-8(16-6)11-2-1-7(14)10-9(11)15/h2-6,13-15,21-22H,7-11H2,1H3,(H,19,23,24);1-2,5-6,8,12-13H,3-4H2,(H,10,14,15)/t13-,14+,15+,18?;5-,6+,8+/m00/s1. The molecule has 1 aromatic heterocycles. The number of carbonyl (C=O) groups is 2. The van der Waals surface area contributed by atoms with Crippen molar-refractivity contribution in [2.75, 3.05) is 26.4 Å². The van der Waals surface area contributed by atoms with Crippen molar-refractivity contribution in [1.29, 1.82) is 0 Å². The lowest BCUT2D eigenvalue weighted by Gasteiger charge is -2.41. The quantitative estimate of drug-likeness (QED) is 0.206. The lowest BCUT2D eigenvalue weighted by atomic mass is 9.88. The van der Waals surface area contributed by atoms with Gasteiger partial charge in [-0.1, -0.05) is 30.3 Å². The number of carbonyl (C=O) groups excluding carboxylic acids is 2. The van der Waals surface area contributed by atoms with Crippen molar-refractivity contribution in [2.24, 2.45) is 5.41 Å². The van der Waals surface area contributed by atoms with Crippen LogP contribution >= 0.6 is 0 Å². The van der Waals surface area contributed by atoms with Gasteiger partial charge in [-0.15, -0.1) is 0 Å². The highest BCUT2D eigenvalue weighted by atomic mass is 16.6. The number of hydrogen-bond donors (Lipinski definition) is 6. The van der Waals surface area contributed by atoms with E-state index in [1.807, 2.05) is 30.3 Å². The maximum Gasteiger partial charge on any atom is 0.330 e. The SMILES string of the molecule is CC1(COCc2ccccc2)CN([C@H]2C[C@H](O)[C@@H](CO)O2)C(=O)NC1=O.O=c1ccn([C@H]2C[C@H](O)[C@@H](CO)O2)c(=O)[nH]1. The Bertz CT molecular complexity index is 1340. The van der Waals surface area contributed by atoms with Crippen molar-refractivity contribution < 1.29 is 44.2 Å². The number of imide groups is 1. The van der Waals surface area contributed by atoms with Gasteiger partial charge in [0, 0.05) is 31.6 Å². The van der Waals surface area contributed by atoms with Crippen molar-refractivity contribution in [2.45, 2.75) is 63.2 Å². The fourth-order valence-corrected chi connectivity index (χ4v) is 4.93. The summed E-state index contributed by atoms with van der Waals surface area (Å²) in [6.45, 7) is 1.70. The zero-order valence-corrected chi connectivity index (χ0v) is 23.0. The molecule has 0 aliphatic carbocycles. The molecule has 15 heteroatoms. The summed E-state index contributed by atoms with van der Waals surface area (Å²) in [5, 5.41) is 39.8. The maximum atomic E-state index is 12.3. The fraction of sp³-hybridized carbons (Fsp3) is 0.556. The van der Waals surface area contributed by atoms with Gasteiger partial charge in [-0.25, -0.2) is 9.59 Å². The van der Waals surface area contributed by atoms with E-state index in [1.54, 1.807) is 6.92 Å². The van der Waals surface area contributed by atoms with Crippen LogP contribution in [0.5, 0.6) is 0 Å². The third-order valence-corrected chi connectivity index (χ3v) is 7.36. The van der Waals surface area contributed by atoms with Gasteiger partial charge in [0.05, 0.1) is 44.1 Å². The first-order chi connectivity index (χ1) is 20.0. The van der Waals surface area contributed by atoms with Crippen molar-refractivity contribution in [3.05, 3.63) is 69.0 Å². The van der Waals surface area contributed by atoms with Gasteiger partial charge in [-0.05, 0) is 12.5 Å². The van der Waals surface area contributed by atoms with E-state index in [1.165, 1.54) is 21.7 Å². The summed E-state index contributed by atoms with van der Waals surface area (Å²) >= 11 is 0. The molecule has 3 fully saturated rings. The second-order valence-electron chi connectivity index (χ2n) is 10.7. The first-order valence-electron chi connectivity index (χ1n) is 13.5. The van der Waals surface area contributed by atoms with Gasteiger partial charge in [-0.3, -0.25) is 29.4 Å². The van der Waals surface area contributed by atoms with Crippen LogP contribution in [0.4, 0.5) is 4.79 Å². The average Bonchev–Trinajstić information content (AvgIpc) is 3.53. The molecule has 42 heavy (non-hydrogen) atoms. The molecule has 3 amide bonds. The molecule has 7 atom stereocenters. The number of ether oxygens (including phenoxy) is 3. The molecule has 6 N–H and O–H groups in total. The number of aliphatic hydroxyl groups excluding tert-OH is 4. The molecule has 5 rings (SSSR count). The number of aromatic amines is 1.